The third kappa shape index (κ3) is 2.59. The quantitative estimate of drug-likeness (QED) is 0.791. The smallest absolute Gasteiger partial charge is 0.254 e. The third-order valence-electron chi connectivity index (χ3n) is 5.49. The summed E-state index contributed by atoms with van der Waals surface area (Å²) >= 11 is 0. The molecule has 3 saturated heterocycles. The molecule has 0 N–H and O–H groups in total. The van der Waals surface area contributed by atoms with E-state index in [1.165, 1.54) is 0 Å². The summed E-state index contributed by atoms with van der Waals surface area (Å²) in [4.78, 5) is 20.0. The van der Waals surface area contributed by atoms with Crippen LogP contribution in [0.25, 0.3) is 0 Å². The molecule has 0 saturated carbocycles. The first-order chi connectivity index (χ1) is 11.6. The number of amides is 1. The Morgan fingerprint density at radius 3 is 2.92 bits per heavy atom. The van der Waals surface area contributed by atoms with Crippen molar-refractivity contribution in [2.24, 2.45) is 0 Å². The first-order valence-corrected chi connectivity index (χ1v) is 8.58. The van der Waals surface area contributed by atoms with Gasteiger partial charge in [0.05, 0.1) is 31.9 Å². The molecule has 0 aliphatic carbocycles. The van der Waals surface area contributed by atoms with Crippen LogP contribution in [0, 0.1) is 0 Å². The Balaban J connectivity index is 1.58. The Kier molecular flexibility index (Phi) is 3.98. The zero-order valence-electron chi connectivity index (χ0n) is 14.4. The van der Waals surface area contributed by atoms with E-state index in [1.54, 1.807) is 7.11 Å². The number of carbonyl (C=O) groups is 1. The molecule has 130 valence electrons. The Morgan fingerprint density at radius 2 is 2.17 bits per heavy atom. The van der Waals surface area contributed by atoms with Gasteiger partial charge in [-0.1, -0.05) is 6.07 Å². The highest BCUT2D eigenvalue weighted by molar-refractivity contribution is 5.94. The minimum Gasteiger partial charge on any atom is -0.497 e. The molecule has 24 heavy (non-hydrogen) atoms. The van der Waals surface area contributed by atoms with Gasteiger partial charge in [-0.3, -0.25) is 9.69 Å². The van der Waals surface area contributed by atoms with Crippen molar-refractivity contribution < 1.29 is 14.3 Å². The predicted molar refractivity (Wildman–Crippen MR) is 90.4 cm³/mol. The first kappa shape index (κ1) is 15.9. The Bertz CT molecular complexity index is 630. The summed E-state index contributed by atoms with van der Waals surface area (Å²) in [5.74, 6) is 0.812. The average molecular weight is 331 g/mol. The van der Waals surface area contributed by atoms with Crippen molar-refractivity contribution in [2.45, 2.75) is 11.6 Å². The summed E-state index contributed by atoms with van der Waals surface area (Å²) in [6.45, 7) is 6.06. The molecular formula is C18H25N3O3. The number of methoxy groups -OCH3 is 1. The molecule has 1 atom stereocenters. The van der Waals surface area contributed by atoms with Crippen molar-refractivity contribution in [2.75, 3.05) is 60.1 Å². The van der Waals surface area contributed by atoms with Gasteiger partial charge in [0.15, 0.2) is 0 Å². The van der Waals surface area contributed by atoms with Gasteiger partial charge in [0.2, 0.25) is 0 Å². The molecule has 0 unspecified atom stereocenters. The molecule has 1 amide bonds. The van der Waals surface area contributed by atoms with E-state index in [9.17, 15) is 4.79 Å². The van der Waals surface area contributed by atoms with E-state index in [-0.39, 0.29) is 11.4 Å². The Morgan fingerprint density at radius 1 is 1.33 bits per heavy atom. The average Bonchev–Trinajstić information content (AvgIpc) is 2.60. The number of hydrogen-bond acceptors (Lipinski definition) is 5. The number of morpholine rings is 1. The summed E-state index contributed by atoms with van der Waals surface area (Å²) < 4.78 is 10.9. The van der Waals surface area contributed by atoms with Crippen LogP contribution in [-0.2, 0) is 4.74 Å². The second-order valence-corrected chi connectivity index (χ2v) is 7.24. The number of likely N-dealkylation sites (tertiary alicyclic amines) is 1. The predicted octanol–water partition coefficient (Wildman–Crippen LogP) is 0.536. The van der Waals surface area contributed by atoms with Crippen LogP contribution in [0.4, 0.5) is 0 Å². The molecular weight excluding hydrogens is 306 g/mol. The van der Waals surface area contributed by atoms with E-state index in [4.69, 9.17) is 9.47 Å². The maximum absolute atomic E-state index is 13.0. The summed E-state index contributed by atoms with van der Waals surface area (Å²) in [6.07, 6.45) is 0. The summed E-state index contributed by atoms with van der Waals surface area (Å²) in [5.41, 5.74) is 0.790. The minimum absolute atomic E-state index is 0.0908. The van der Waals surface area contributed by atoms with Gasteiger partial charge in [0.1, 0.15) is 5.75 Å². The van der Waals surface area contributed by atoms with Gasteiger partial charge in [0, 0.05) is 38.3 Å². The van der Waals surface area contributed by atoms with Crippen LogP contribution in [0.15, 0.2) is 24.3 Å². The second kappa shape index (κ2) is 6.02. The number of fused-ring (bicyclic) bond motifs is 2. The highest BCUT2D eigenvalue weighted by Gasteiger charge is 2.53. The van der Waals surface area contributed by atoms with Crippen LogP contribution < -0.4 is 4.74 Å². The summed E-state index contributed by atoms with van der Waals surface area (Å²) in [5, 5.41) is 0. The molecule has 6 heteroatoms. The van der Waals surface area contributed by atoms with E-state index >= 15 is 0 Å². The van der Waals surface area contributed by atoms with Crippen LogP contribution in [-0.4, -0.2) is 92.3 Å². The van der Waals surface area contributed by atoms with Crippen LogP contribution in [0.3, 0.4) is 0 Å². The number of benzene rings is 1. The zero-order valence-corrected chi connectivity index (χ0v) is 14.4. The van der Waals surface area contributed by atoms with Gasteiger partial charge in [-0.2, -0.15) is 0 Å². The van der Waals surface area contributed by atoms with Crippen molar-refractivity contribution in [3.63, 3.8) is 0 Å². The fourth-order valence-corrected chi connectivity index (χ4v) is 4.53. The normalized spacial score (nSPS) is 26.8. The number of piperazine rings is 1. The van der Waals surface area contributed by atoms with Crippen molar-refractivity contribution in [3.05, 3.63) is 29.8 Å². The van der Waals surface area contributed by atoms with Crippen molar-refractivity contribution in [1.82, 2.24) is 14.7 Å². The standard InChI is InChI=1S/C18H25N3O3/c1-19-11-18(12-19)13-20(9-15-10-24-7-6-21(15)18)17(22)14-4-3-5-16(8-14)23-2/h3-5,8,15H,6-7,9-13H2,1-2H3/t15-/m1/s1. The topological polar surface area (TPSA) is 45.2 Å². The van der Waals surface area contributed by atoms with Crippen LogP contribution >= 0.6 is 0 Å². The molecule has 0 radical (unpaired) electrons. The van der Waals surface area contributed by atoms with E-state index in [0.29, 0.717) is 18.2 Å². The first-order valence-electron chi connectivity index (χ1n) is 8.58. The second-order valence-electron chi connectivity index (χ2n) is 7.24. The molecule has 1 spiro atoms. The van der Waals surface area contributed by atoms with Gasteiger partial charge in [-0.25, -0.2) is 0 Å². The molecule has 0 aromatic heterocycles. The number of hydrogen-bond donors (Lipinski definition) is 0. The summed E-state index contributed by atoms with van der Waals surface area (Å²) in [6, 6.07) is 7.74. The van der Waals surface area contributed by atoms with Gasteiger partial charge in [-0.05, 0) is 25.2 Å². The number of likely N-dealkylation sites (N-methyl/N-ethyl adjacent to an activating group) is 1. The van der Waals surface area contributed by atoms with Gasteiger partial charge in [0.25, 0.3) is 5.91 Å². The molecule has 3 heterocycles. The molecule has 1 aromatic carbocycles. The molecule has 1 aromatic rings. The SMILES string of the molecule is COc1cccc(C(=O)N2C[C@@H]3COCCN3C3(CN(C)C3)C2)c1. The number of rotatable bonds is 2. The minimum atomic E-state index is 0.0908. The van der Waals surface area contributed by atoms with Gasteiger partial charge in [-0.15, -0.1) is 0 Å². The third-order valence-corrected chi connectivity index (χ3v) is 5.49. The number of ether oxygens (including phenoxy) is 2. The molecule has 3 aliphatic rings. The van der Waals surface area contributed by atoms with E-state index in [0.717, 1.165) is 45.1 Å². The van der Waals surface area contributed by atoms with Gasteiger partial charge < -0.3 is 19.3 Å². The Hall–Kier alpha value is -1.63. The van der Waals surface area contributed by atoms with Crippen LogP contribution in [0.2, 0.25) is 0 Å². The maximum Gasteiger partial charge on any atom is 0.254 e. The fraction of sp³-hybridized carbons (Fsp3) is 0.611. The maximum atomic E-state index is 13.0. The van der Waals surface area contributed by atoms with E-state index in [2.05, 4.69) is 16.8 Å². The fourth-order valence-electron chi connectivity index (χ4n) is 4.53. The lowest BCUT2D eigenvalue weighted by molar-refractivity contribution is -0.153. The molecule has 6 nitrogen and oxygen atoms in total. The molecule has 4 rings (SSSR count). The molecule has 3 fully saturated rings. The van der Waals surface area contributed by atoms with Gasteiger partial charge >= 0.3 is 0 Å². The monoisotopic (exact) mass is 331 g/mol. The lowest BCUT2D eigenvalue weighted by atomic mass is 9.83. The molecule has 0 bridgehead atoms. The van der Waals surface area contributed by atoms with Crippen molar-refractivity contribution in [3.8, 4) is 5.75 Å². The molecule has 3 aliphatic heterocycles. The van der Waals surface area contributed by atoms with E-state index in [1.807, 2.05) is 29.2 Å². The van der Waals surface area contributed by atoms with Crippen LogP contribution in [0.5, 0.6) is 5.75 Å². The zero-order chi connectivity index (χ0) is 16.7. The highest BCUT2D eigenvalue weighted by atomic mass is 16.5. The number of carbonyl (C=O) groups excluding carboxylic acids is 1. The lowest BCUT2D eigenvalue weighted by Crippen LogP contribution is -2.80. The van der Waals surface area contributed by atoms with Crippen molar-refractivity contribution >= 4 is 5.91 Å². The number of nitrogens with zero attached hydrogens (tertiary/aromatic N) is 3. The largest absolute Gasteiger partial charge is 0.497 e. The van der Waals surface area contributed by atoms with E-state index < -0.39 is 0 Å². The highest BCUT2D eigenvalue weighted by Crippen LogP contribution is 2.35. The Labute approximate surface area is 142 Å². The van der Waals surface area contributed by atoms with Crippen LogP contribution in [0.1, 0.15) is 10.4 Å². The summed E-state index contributed by atoms with van der Waals surface area (Å²) in [7, 11) is 3.77. The lowest BCUT2D eigenvalue weighted by Gasteiger charge is -2.62. The van der Waals surface area contributed by atoms with Crippen molar-refractivity contribution in [1.29, 1.82) is 0 Å².